The zero-order valence-corrected chi connectivity index (χ0v) is 9.34. The third-order valence-electron chi connectivity index (χ3n) is 3.11. The van der Waals surface area contributed by atoms with Gasteiger partial charge in [-0.05, 0) is 24.6 Å². The van der Waals surface area contributed by atoms with E-state index in [2.05, 4.69) is 17.6 Å². The normalized spacial score (nSPS) is 15.6. The lowest BCUT2D eigenvalue weighted by Gasteiger charge is -2.17. The molecule has 2 heterocycles. The lowest BCUT2D eigenvalue weighted by Crippen LogP contribution is -2.16. The molecule has 0 aliphatic carbocycles. The Morgan fingerprint density at radius 3 is 3.13 bits per heavy atom. The number of aromatic nitrogens is 1. The predicted octanol–water partition coefficient (Wildman–Crippen LogP) is 3.13. The van der Waals surface area contributed by atoms with Crippen molar-refractivity contribution in [3.05, 3.63) is 34.5 Å². The van der Waals surface area contributed by atoms with Gasteiger partial charge in [-0.25, -0.2) is 0 Å². The highest BCUT2D eigenvalue weighted by molar-refractivity contribution is 6.31. The zero-order valence-electron chi connectivity index (χ0n) is 8.59. The summed E-state index contributed by atoms with van der Waals surface area (Å²) in [5.74, 6) is 0. The maximum atomic E-state index is 6.03. The van der Waals surface area contributed by atoms with Gasteiger partial charge in [0.15, 0.2) is 0 Å². The molecule has 0 radical (unpaired) electrons. The van der Waals surface area contributed by atoms with Crippen molar-refractivity contribution in [2.24, 2.45) is 0 Å². The van der Waals surface area contributed by atoms with Gasteiger partial charge in [0.2, 0.25) is 0 Å². The molecule has 2 nitrogen and oxygen atoms in total. The Hall–Kier alpha value is -0.990. The fourth-order valence-electron chi connectivity index (χ4n) is 2.31. The second-order valence-corrected chi connectivity index (χ2v) is 4.37. The molecule has 0 N–H and O–H groups in total. The molecule has 78 valence electrons. The third kappa shape index (κ3) is 1.29. The van der Waals surface area contributed by atoms with Crippen LogP contribution in [0.5, 0.6) is 0 Å². The van der Waals surface area contributed by atoms with Crippen LogP contribution < -0.4 is 0 Å². The highest BCUT2D eigenvalue weighted by Crippen LogP contribution is 2.29. The van der Waals surface area contributed by atoms with Crippen LogP contribution >= 0.6 is 11.6 Å². The van der Waals surface area contributed by atoms with E-state index in [-0.39, 0.29) is 0 Å². The quantitative estimate of drug-likeness (QED) is 0.667. The molecule has 0 unspecified atom stereocenters. The molecule has 2 aromatic rings. The Morgan fingerprint density at radius 1 is 1.40 bits per heavy atom. The number of ether oxygens (including phenoxy) is 1. The summed E-state index contributed by atoms with van der Waals surface area (Å²) in [6.07, 6.45) is 0. The number of hydrogen-bond acceptors (Lipinski definition) is 1. The number of rotatable bonds is 0. The van der Waals surface area contributed by atoms with Gasteiger partial charge in [0.25, 0.3) is 0 Å². The van der Waals surface area contributed by atoms with Crippen molar-refractivity contribution in [3.8, 4) is 0 Å². The van der Waals surface area contributed by atoms with Crippen LogP contribution in [-0.2, 0) is 17.9 Å². The molecule has 1 aromatic carbocycles. The summed E-state index contributed by atoms with van der Waals surface area (Å²) in [7, 11) is 0. The van der Waals surface area contributed by atoms with Crippen molar-refractivity contribution < 1.29 is 4.74 Å². The van der Waals surface area contributed by atoms with Gasteiger partial charge in [0, 0.05) is 22.6 Å². The molecule has 15 heavy (non-hydrogen) atoms. The van der Waals surface area contributed by atoms with E-state index in [9.17, 15) is 0 Å². The minimum Gasteiger partial charge on any atom is -0.373 e. The molecular formula is C12H12ClNO. The van der Waals surface area contributed by atoms with E-state index in [4.69, 9.17) is 16.3 Å². The minimum atomic E-state index is 0.720. The molecule has 0 saturated carbocycles. The second kappa shape index (κ2) is 3.26. The Kier molecular flexibility index (Phi) is 2.01. The average molecular weight is 222 g/mol. The smallest absolute Gasteiger partial charge is 0.0871 e. The summed E-state index contributed by atoms with van der Waals surface area (Å²) in [6.45, 7) is 4.59. The molecule has 0 bridgehead atoms. The van der Waals surface area contributed by atoms with Crippen LogP contribution in [0.25, 0.3) is 10.9 Å². The molecule has 1 aromatic heterocycles. The standard InChI is InChI=1S/C12H12ClNO/c1-8-10-3-2-9(13)6-11(10)14-4-5-15-7-12(8)14/h2-3,6H,4-5,7H2,1H3. The number of hydrogen-bond donors (Lipinski definition) is 0. The third-order valence-corrected chi connectivity index (χ3v) is 3.35. The van der Waals surface area contributed by atoms with E-state index in [1.165, 1.54) is 22.2 Å². The number of benzene rings is 1. The first-order chi connectivity index (χ1) is 7.27. The highest BCUT2D eigenvalue weighted by atomic mass is 35.5. The fraction of sp³-hybridized carbons (Fsp3) is 0.333. The predicted molar refractivity (Wildman–Crippen MR) is 61.3 cm³/mol. The molecule has 3 rings (SSSR count). The maximum absolute atomic E-state index is 6.03. The molecule has 0 amide bonds. The number of aryl methyl sites for hydroxylation is 1. The van der Waals surface area contributed by atoms with Crippen LogP contribution in [-0.4, -0.2) is 11.2 Å². The molecule has 0 atom stereocenters. The second-order valence-electron chi connectivity index (χ2n) is 3.94. The topological polar surface area (TPSA) is 14.2 Å². The van der Waals surface area contributed by atoms with Gasteiger partial charge in [-0.1, -0.05) is 17.7 Å². The molecule has 1 aliphatic heterocycles. The van der Waals surface area contributed by atoms with Crippen molar-refractivity contribution in [3.63, 3.8) is 0 Å². The summed E-state index contributed by atoms with van der Waals surface area (Å²) in [5, 5.41) is 2.09. The van der Waals surface area contributed by atoms with E-state index in [1.807, 2.05) is 12.1 Å². The van der Waals surface area contributed by atoms with Crippen LogP contribution in [0.3, 0.4) is 0 Å². The van der Waals surface area contributed by atoms with Crippen molar-refractivity contribution in [1.29, 1.82) is 0 Å². The van der Waals surface area contributed by atoms with Crippen molar-refractivity contribution in [1.82, 2.24) is 4.57 Å². The SMILES string of the molecule is Cc1c2n(c3cc(Cl)ccc13)CCOC2. The highest BCUT2D eigenvalue weighted by Gasteiger charge is 2.17. The lowest BCUT2D eigenvalue weighted by atomic mass is 10.1. The minimum absolute atomic E-state index is 0.720. The van der Waals surface area contributed by atoms with Crippen LogP contribution in [0.1, 0.15) is 11.3 Å². The van der Waals surface area contributed by atoms with Crippen molar-refractivity contribution in [2.45, 2.75) is 20.1 Å². The first kappa shape index (κ1) is 9.25. The first-order valence-corrected chi connectivity index (χ1v) is 5.50. The van der Waals surface area contributed by atoms with Gasteiger partial charge in [0.05, 0.1) is 18.7 Å². The lowest BCUT2D eigenvalue weighted by molar-refractivity contribution is 0.0860. The number of fused-ring (bicyclic) bond motifs is 3. The van der Waals surface area contributed by atoms with E-state index in [0.29, 0.717) is 0 Å². The Bertz CT molecular complexity index is 530. The molecule has 1 aliphatic rings. The summed E-state index contributed by atoms with van der Waals surface area (Å²) in [6, 6.07) is 6.08. The fourth-order valence-corrected chi connectivity index (χ4v) is 2.48. The zero-order chi connectivity index (χ0) is 10.4. The molecular weight excluding hydrogens is 210 g/mol. The van der Waals surface area contributed by atoms with Gasteiger partial charge in [-0.15, -0.1) is 0 Å². The van der Waals surface area contributed by atoms with E-state index >= 15 is 0 Å². The van der Waals surface area contributed by atoms with Crippen LogP contribution in [0.15, 0.2) is 18.2 Å². The summed E-state index contributed by atoms with van der Waals surface area (Å²) in [5.41, 5.74) is 3.85. The Morgan fingerprint density at radius 2 is 2.27 bits per heavy atom. The number of halogens is 1. The molecule has 3 heteroatoms. The van der Waals surface area contributed by atoms with Gasteiger partial charge >= 0.3 is 0 Å². The van der Waals surface area contributed by atoms with E-state index in [1.54, 1.807) is 0 Å². The summed E-state index contributed by atoms with van der Waals surface area (Å²) < 4.78 is 7.80. The molecule has 0 saturated heterocycles. The van der Waals surface area contributed by atoms with Crippen LogP contribution in [0.4, 0.5) is 0 Å². The molecule has 0 fully saturated rings. The maximum Gasteiger partial charge on any atom is 0.0871 e. The summed E-state index contributed by atoms with van der Waals surface area (Å²) >= 11 is 6.03. The van der Waals surface area contributed by atoms with Crippen LogP contribution in [0.2, 0.25) is 5.02 Å². The average Bonchev–Trinajstić information content (AvgIpc) is 2.54. The molecule has 0 spiro atoms. The van der Waals surface area contributed by atoms with Gasteiger partial charge in [-0.3, -0.25) is 0 Å². The van der Waals surface area contributed by atoms with Gasteiger partial charge in [-0.2, -0.15) is 0 Å². The summed E-state index contributed by atoms with van der Waals surface area (Å²) in [4.78, 5) is 0. The number of nitrogens with zero attached hydrogens (tertiary/aromatic N) is 1. The van der Waals surface area contributed by atoms with E-state index in [0.717, 1.165) is 24.8 Å². The van der Waals surface area contributed by atoms with Gasteiger partial charge in [0.1, 0.15) is 0 Å². The van der Waals surface area contributed by atoms with Crippen molar-refractivity contribution in [2.75, 3.05) is 6.61 Å². The van der Waals surface area contributed by atoms with Crippen molar-refractivity contribution >= 4 is 22.5 Å². The monoisotopic (exact) mass is 221 g/mol. The Balaban J connectivity index is 2.39. The van der Waals surface area contributed by atoms with E-state index < -0.39 is 0 Å². The largest absolute Gasteiger partial charge is 0.373 e. The van der Waals surface area contributed by atoms with Crippen LogP contribution in [0, 0.1) is 6.92 Å². The van der Waals surface area contributed by atoms with Gasteiger partial charge < -0.3 is 9.30 Å². The Labute approximate surface area is 93.4 Å². The first-order valence-electron chi connectivity index (χ1n) is 5.12.